The highest BCUT2D eigenvalue weighted by molar-refractivity contribution is 9.10. The first-order valence-corrected chi connectivity index (χ1v) is 8.41. The number of nitrogens with one attached hydrogen (secondary N) is 2. The lowest BCUT2D eigenvalue weighted by molar-refractivity contribution is -0.120. The van der Waals surface area contributed by atoms with E-state index in [9.17, 15) is 4.79 Å². The van der Waals surface area contributed by atoms with Crippen LogP contribution in [0.5, 0.6) is 0 Å². The van der Waals surface area contributed by atoms with Crippen LogP contribution in [0.25, 0.3) is 0 Å². The largest absolute Gasteiger partial charge is 0.355 e. The molecule has 0 aliphatic carbocycles. The standard InChI is InChI=1S/C14H19BrN2OS.ClH/c15-12-5-1-2-6-13(12)19-9-7-14(18)17-10-11-4-3-8-16-11;/h1-2,5-6,11,16H,3-4,7-10H2,(H,17,18);1H. The monoisotopic (exact) mass is 378 g/mol. The van der Waals surface area contributed by atoms with Crippen molar-refractivity contribution in [3.8, 4) is 0 Å². The van der Waals surface area contributed by atoms with Crippen LogP contribution in [0.3, 0.4) is 0 Å². The van der Waals surface area contributed by atoms with Crippen LogP contribution >= 0.6 is 40.1 Å². The lowest BCUT2D eigenvalue weighted by Crippen LogP contribution is -2.37. The lowest BCUT2D eigenvalue weighted by atomic mass is 10.2. The van der Waals surface area contributed by atoms with Gasteiger partial charge in [0.25, 0.3) is 0 Å². The molecule has 1 fully saturated rings. The molecule has 6 heteroatoms. The molecule has 1 unspecified atom stereocenters. The van der Waals surface area contributed by atoms with E-state index in [0.29, 0.717) is 12.5 Å². The SMILES string of the molecule is Cl.O=C(CCSc1ccccc1Br)NCC1CCCN1. The third-order valence-electron chi connectivity index (χ3n) is 3.13. The van der Waals surface area contributed by atoms with E-state index in [2.05, 4.69) is 32.6 Å². The van der Waals surface area contributed by atoms with Crippen molar-refractivity contribution in [2.24, 2.45) is 0 Å². The summed E-state index contributed by atoms with van der Waals surface area (Å²) in [5.74, 6) is 0.959. The third kappa shape index (κ3) is 6.04. The van der Waals surface area contributed by atoms with E-state index >= 15 is 0 Å². The Hall–Kier alpha value is -0.230. The number of halogens is 2. The van der Waals surface area contributed by atoms with Crippen LogP contribution in [0.4, 0.5) is 0 Å². The van der Waals surface area contributed by atoms with Gasteiger partial charge in [-0.1, -0.05) is 12.1 Å². The summed E-state index contributed by atoms with van der Waals surface area (Å²) in [6, 6.07) is 8.57. The minimum atomic E-state index is 0. The van der Waals surface area contributed by atoms with Crippen molar-refractivity contribution in [3.05, 3.63) is 28.7 Å². The lowest BCUT2D eigenvalue weighted by Gasteiger charge is -2.11. The molecule has 0 spiro atoms. The van der Waals surface area contributed by atoms with Crippen molar-refractivity contribution < 1.29 is 4.79 Å². The second-order valence-electron chi connectivity index (χ2n) is 4.63. The summed E-state index contributed by atoms with van der Waals surface area (Å²) in [5.41, 5.74) is 0. The normalized spacial score (nSPS) is 17.6. The highest BCUT2D eigenvalue weighted by atomic mass is 79.9. The second kappa shape index (κ2) is 9.66. The molecule has 1 aromatic rings. The van der Waals surface area contributed by atoms with Crippen LogP contribution < -0.4 is 10.6 Å². The summed E-state index contributed by atoms with van der Waals surface area (Å²) < 4.78 is 1.09. The number of carbonyl (C=O) groups is 1. The highest BCUT2D eigenvalue weighted by Crippen LogP contribution is 2.27. The zero-order valence-electron chi connectivity index (χ0n) is 11.2. The number of rotatable bonds is 6. The first kappa shape index (κ1) is 17.8. The van der Waals surface area contributed by atoms with Gasteiger partial charge in [-0.2, -0.15) is 0 Å². The summed E-state index contributed by atoms with van der Waals surface area (Å²) in [6.45, 7) is 1.84. The van der Waals surface area contributed by atoms with E-state index in [1.165, 1.54) is 17.7 Å². The van der Waals surface area contributed by atoms with Crippen LogP contribution in [-0.4, -0.2) is 30.8 Å². The Kier molecular flexibility index (Phi) is 8.61. The predicted octanol–water partition coefficient (Wildman–Crippen LogP) is 3.22. The fraction of sp³-hybridized carbons (Fsp3) is 0.500. The molecular weight excluding hydrogens is 360 g/mol. The summed E-state index contributed by atoms with van der Waals surface area (Å²) >= 11 is 5.22. The Morgan fingerprint density at radius 1 is 1.45 bits per heavy atom. The predicted molar refractivity (Wildman–Crippen MR) is 90.8 cm³/mol. The summed E-state index contributed by atoms with van der Waals surface area (Å²) in [6.07, 6.45) is 2.96. The first-order chi connectivity index (χ1) is 9.25. The number of amides is 1. The Labute approximate surface area is 139 Å². The number of carbonyl (C=O) groups excluding carboxylic acids is 1. The molecule has 0 bridgehead atoms. The Morgan fingerprint density at radius 2 is 2.25 bits per heavy atom. The van der Waals surface area contributed by atoms with Crippen LogP contribution in [-0.2, 0) is 4.79 Å². The van der Waals surface area contributed by atoms with Crippen molar-refractivity contribution in [2.75, 3.05) is 18.8 Å². The van der Waals surface area contributed by atoms with Gasteiger partial charge in [-0.25, -0.2) is 0 Å². The Balaban J connectivity index is 0.00000200. The molecule has 0 aromatic heterocycles. The van der Waals surface area contributed by atoms with Gasteiger partial charge in [0.1, 0.15) is 0 Å². The maximum atomic E-state index is 11.7. The smallest absolute Gasteiger partial charge is 0.220 e. The van der Waals surface area contributed by atoms with Gasteiger partial charge in [0.05, 0.1) is 0 Å². The zero-order valence-corrected chi connectivity index (χ0v) is 14.5. The van der Waals surface area contributed by atoms with Crippen LogP contribution in [0.2, 0.25) is 0 Å². The molecule has 1 aliphatic rings. The second-order valence-corrected chi connectivity index (χ2v) is 6.62. The topological polar surface area (TPSA) is 41.1 Å². The molecule has 0 radical (unpaired) electrons. The summed E-state index contributed by atoms with van der Waals surface area (Å²) in [7, 11) is 0. The molecule has 1 amide bonds. The van der Waals surface area contributed by atoms with Crippen molar-refractivity contribution >= 4 is 46.0 Å². The number of hydrogen-bond acceptors (Lipinski definition) is 3. The average molecular weight is 380 g/mol. The molecule has 20 heavy (non-hydrogen) atoms. The summed E-state index contributed by atoms with van der Waals surface area (Å²) in [5, 5.41) is 6.37. The quantitative estimate of drug-likeness (QED) is 0.746. The Bertz CT molecular complexity index is 427. The van der Waals surface area contributed by atoms with E-state index in [1.807, 2.05) is 18.2 Å². The molecule has 2 N–H and O–H groups in total. The first-order valence-electron chi connectivity index (χ1n) is 6.63. The summed E-state index contributed by atoms with van der Waals surface area (Å²) in [4.78, 5) is 12.9. The zero-order chi connectivity index (χ0) is 13.5. The van der Waals surface area contributed by atoms with Gasteiger partial charge in [-0.05, 0) is 47.4 Å². The van der Waals surface area contributed by atoms with Crippen LogP contribution in [0.1, 0.15) is 19.3 Å². The van der Waals surface area contributed by atoms with Gasteiger partial charge in [0, 0.05) is 34.1 Å². The highest BCUT2D eigenvalue weighted by Gasteiger charge is 2.14. The van der Waals surface area contributed by atoms with E-state index in [0.717, 1.165) is 23.3 Å². The molecule has 1 saturated heterocycles. The van der Waals surface area contributed by atoms with Gasteiger partial charge in [-0.15, -0.1) is 24.2 Å². The van der Waals surface area contributed by atoms with Crippen LogP contribution in [0.15, 0.2) is 33.6 Å². The number of thioether (sulfide) groups is 1. The molecule has 3 nitrogen and oxygen atoms in total. The van der Waals surface area contributed by atoms with E-state index < -0.39 is 0 Å². The molecule has 112 valence electrons. The number of benzene rings is 1. The van der Waals surface area contributed by atoms with Gasteiger partial charge in [-0.3, -0.25) is 4.79 Å². The third-order valence-corrected chi connectivity index (χ3v) is 5.16. The van der Waals surface area contributed by atoms with Gasteiger partial charge in [0.2, 0.25) is 5.91 Å². The fourth-order valence-electron chi connectivity index (χ4n) is 2.07. The van der Waals surface area contributed by atoms with Crippen molar-refractivity contribution in [2.45, 2.75) is 30.2 Å². The van der Waals surface area contributed by atoms with Crippen LogP contribution in [0, 0.1) is 0 Å². The molecule has 1 heterocycles. The Morgan fingerprint density at radius 3 is 2.95 bits per heavy atom. The number of hydrogen-bond donors (Lipinski definition) is 2. The molecule has 1 atom stereocenters. The fourth-order valence-corrected chi connectivity index (χ4v) is 3.59. The molecule has 1 aromatic carbocycles. The molecule has 1 aliphatic heterocycles. The minimum absolute atomic E-state index is 0. The van der Waals surface area contributed by atoms with E-state index in [4.69, 9.17) is 0 Å². The molecule has 2 rings (SSSR count). The molecule has 0 saturated carbocycles. The van der Waals surface area contributed by atoms with Crippen molar-refractivity contribution in [1.82, 2.24) is 10.6 Å². The average Bonchev–Trinajstić information content (AvgIpc) is 2.92. The van der Waals surface area contributed by atoms with Gasteiger partial charge in [0.15, 0.2) is 0 Å². The van der Waals surface area contributed by atoms with E-state index in [-0.39, 0.29) is 18.3 Å². The van der Waals surface area contributed by atoms with Gasteiger partial charge >= 0.3 is 0 Å². The van der Waals surface area contributed by atoms with Crippen molar-refractivity contribution in [1.29, 1.82) is 0 Å². The molecular formula is C14H20BrClN2OS. The van der Waals surface area contributed by atoms with Crippen molar-refractivity contribution in [3.63, 3.8) is 0 Å². The maximum Gasteiger partial charge on any atom is 0.220 e. The van der Waals surface area contributed by atoms with E-state index in [1.54, 1.807) is 11.8 Å². The van der Waals surface area contributed by atoms with Gasteiger partial charge < -0.3 is 10.6 Å². The maximum absolute atomic E-state index is 11.7. The minimum Gasteiger partial charge on any atom is -0.355 e.